The summed E-state index contributed by atoms with van der Waals surface area (Å²) in [6.45, 7) is 5.72. The fourth-order valence-electron chi connectivity index (χ4n) is 3.35. The highest BCUT2D eigenvalue weighted by molar-refractivity contribution is 7.13. The molecular weight excluding hydrogens is 350 g/mol. The Bertz CT molecular complexity index is 799. The maximum absolute atomic E-state index is 12.6. The first-order valence-electron chi connectivity index (χ1n) is 9.04. The third-order valence-corrected chi connectivity index (χ3v) is 5.89. The first-order chi connectivity index (χ1) is 12.7. The average Bonchev–Trinajstić information content (AvgIpc) is 3.26. The number of aromatic nitrogens is 1. The van der Waals surface area contributed by atoms with Gasteiger partial charge >= 0.3 is 0 Å². The van der Waals surface area contributed by atoms with Gasteiger partial charge in [0.15, 0.2) is 11.5 Å². The third kappa shape index (κ3) is 3.83. The number of nitrogens with zero attached hydrogens (tertiary/aromatic N) is 2. The van der Waals surface area contributed by atoms with Crippen LogP contribution in [0.2, 0.25) is 0 Å². The number of thiazole rings is 1. The van der Waals surface area contributed by atoms with Crippen LogP contribution in [-0.4, -0.2) is 35.7 Å². The zero-order valence-corrected chi connectivity index (χ0v) is 15.7. The number of likely N-dealkylation sites (tertiary alicyclic amines) is 1. The largest absolute Gasteiger partial charge is 0.454 e. The molecule has 1 N–H and O–H groups in total. The molecule has 0 unspecified atom stereocenters. The average molecular weight is 373 g/mol. The number of aryl methyl sites for hydroxylation is 1. The molecule has 0 saturated carbocycles. The van der Waals surface area contributed by atoms with Gasteiger partial charge in [0.2, 0.25) is 6.79 Å². The number of nitrogens with one attached hydrogen (secondary N) is 1. The van der Waals surface area contributed by atoms with E-state index in [1.807, 2.05) is 25.1 Å². The summed E-state index contributed by atoms with van der Waals surface area (Å²) in [4.78, 5) is 20.3. The van der Waals surface area contributed by atoms with E-state index in [0.717, 1.165) is 47.4 Å². The number of ether oxygens (including phenoxy) is 2. The molecule has 0 aliphatic carbocycles. The fourth-order valence-corrected chi connectivity index (χ4v) is 4.38. The second-order valence-electron chi connectivity index (χ2n) is 6.73. The molecule has 26 heavy (non-hydrogen) atoms. The fraction of sp³-hybridized carbons (Fsp3) is 0.474. The van der Waals surface area contributed by atoms with Crippen molar-refractivity contribution in [3.63, 3.8) is 0 Å². The number of hydrogen-bond acceptors (Lipinski definition) is 6. The molecule has 1 amide bonds. The minimum absolute atomic E-state index is 0.0671. The van der Waals surface area contributed by atoms with E-state index < -0.39 is 0 Å². The lowest BCUT2D eigenvalue weighted by Crippen LogP contribution is -2.29. The van der Waals surface area contributed by atoms with Gasteiger partial charge in [-0.15, -0.1) is 11.3 Å². The molecule has 6 nitrogen and oxygen atoms in total. The van der Waals surface area contributed by atoms with E-state index in [-0.39, 0.29) is 12.7 Å². The summed E-state index contributed by atoms with van der Waals surface area (Å²) in [5.74, 6) is 1.41. The van der Waals surface area contributed by atoms with Crippen molar-refractivity contribution in [2.24, 2.45) is 0 Å². The van der Waals surface area contributed by atoms with Crippen molar-refractivity contribution in [1.82, 2.24) is 15.2 Å². The number of carbonyl (C=O) groups is 1. The summed E-state index contributed by atoms with van der Waals surface area (Å²) in [7, 11) is 0. The first-order valence-corrected chi connectivity index (χ1v) is 9.86. The molecule has 0 atom stereocenters. The minimum atomic E-state index is -0.0671. The lowest BCUT2D eigenvalue weighted by molar-refractivity contribution is 0.0954. The van der Waals surface area contributed by atoms with Crippen LogP contribution in [0.25, 0.3) is 0 Å². The second kappa shape index (κ2) is 7.63. The Morgan fingerprint density at radius 3 is 2.88 bits per heavy atom. The second-order valence-corrected chi connectivity index (χ2v) is 7.81. The standard InChI is InChI=1S/C19H23N3O3S/c1-13-18(26-17(21-13)11-22-7-3-2-4-8-22)19(23)20-10-14-5-6-15-16(9-14)25-12-24-15/h5-6,9H,2-4,7-8,10-12H2,1H3,(H,20,23). The number of benzene rings is 1. The molecule has 0 radical (unpaired) electrons. The quantitative estimate of drug-likeness (QED) is 0.873. The summed E-state index contributed by atoms with van der Waals surface area (Å²) in [6.07, 6.45) is 3.83. The summed E-state index contributed by atoms with van der Waals surface area (Å²) in [5.41, 5.74) is 1.79. The minimum Gasteiger partial charge on any atom is -0.454 e. The van der Waals surface area contributed by atoms with Gasteiger partial charge in [-0.2, -0.15) is 0 Å². The van der Waals surface area contributed by atoms with Gasteiger partial charge in [-0.25, -0.2) is 4.98 Å². The van der Waals surface area contributed by atoms with Crippen LogP contribution in [0, 0.1) is 6.92 Å². The summed E-state index contributed by atoms with van der Waals surface area (Å²) >= 11 is 1.51. The Hall–Kier alpha value is -2.12. The van der Waals surface area contributed by atoms with Crippen molar-refractivity contribution in [1.29, 1.82) is 0 Å². The molecule has 0 bridgehead atoms. The van der Waals surface area contributed by atoms with Gasteiger partial charge in [0.05, 0.1) is 12.2 Å². The van der Waals surface area contributed by atoms with Gasteiger partial charge in [0.1, 0.15) is 9.88 Å². The lowest BCUT2D eigenvalue weighted by Gasteiger charge is -2.25. The smallest absolute Gasteiger partial charge is 0.263 e. The molecule has 1 saturated heterocycles. The SMILES string of the molecule is Cc1nc(CN2CCCCC2)sc1C(=O)NCc1ccc2c(c1)OCO2. The maximum atomic E-state index is 12.6. The van der Waals surface area contributed by atoms with Crippen molar-refractivity contribution in [2.45, 2.75) is 39.3 Å². The highest BCUT2D eigenvalue weighted by Crippen LogP contribution is 2.32. The number of amides is 1. The lowest BCUT2D eigenvalue weighted by atomic mass is 10.1. The number of carbonyl (C=O) groups excluding carboxylic acids is 1. The Morgan fingerprint density at radius 1 is 1.23 bits per heavy atom. The normalized spacial score (nSPS) is 16.7. The summed E-state index contributed by atoms with van der Waals surface area (Å²) < 4.78 is 10.7. The molecule has 7 heteroatoms. The zero-order chi connectivity index (χ0) is 17.9. The predicted octanol–water partition coefficient (Wildman–Crippen LogP) is 3.10. The topological polar surface area (TPSA) is 63.7 Å². The monoisotopic (exact) mass is 373 g/mol. The van der Waals surface area contributed by atoms with Gasteiger partial charge in [0, 0.05) is 6.54 Å². The van der Waals surface area contributed by atoms with Crippen LogP contribution in [0.4, 0.5) is 0 Å². The molecule has 2 aromatic rings. The molecule has 0 spiro atoms. The molecular formula is C19H23N3O3S. The van der Waals surface area contributed by atoms with Crippen molar-refractivity contribution in [3.8, 4) is 11.5 Å². The first kappa shape index (κ1) is 17.3. The number of piperidine rings is 1. The van der Waals surface area contributed by atoms with E-state index in [1.54, 1.807) is 0 Å². The molecule has 1 aromatic carbocycles. The van der Waals surface area contributed by atoms with E-state index >= 15 is 0 Å². The summed E-state index contributed by atoms with van der Waals surface area (Å²) in [5, 5.41) is 4.01. The molecule has 1 aromatic heterocycles. The number of rotatable bonds is 5. The van der Waals surface area contributed by atoms with Gasteiger partial charge < -0.3 is 14.8 Å². The van der Waals surface area contributed by atoms with E-state index in [9.17, 15) is 4.79 Å². The van der Waals surface area contributed by atoms with Crippen LogP contribution in [0.5, 0.6) is 11.5 Å². The Balaban J connectivity index is 1.37. The third-order valence-electron chi connectivity index (χ3n) is 4.74. The van der Waals surface area contributed by atoms with Gasteiger partial charge in [0.25, 0.3) is 5.91 Å². The predicted molar refractivity (Wildman–Crippen MR) is 99.7 cm³/mol. The molecule has 3 heterocycles. The molecule has 138 valence electrons. The van der Waals surface area contributed by atoms with Gasteiger partial charge in [-0.3, -0.25) is 9.69 Å². The molecule has 4 rings (SSSR count). The Labute approximate surface area is 157 Å². The van der Waals surface area contributed by atoms with E-state index in [4.69, 9.17) is 9.47 Å². The maximum Gasteiger partial charge on any atom is 0.263 e. The van der Waals surface area contributed by atoms with Crippen molar-refractivity contribution >= 4 is 17.2 Å². The number of hydrogen-bond donors (Lipinski definition) is 1. The molecule has 2 aliphatic rings. The van der Waals surface area contributed by atoms with Gasteiger partial charge in [-0.1, -0.05) is 12.5 Å². The zero-order valence-electron chi connectivity index (χ0n) is 14.9. The molecule has 1 fully saturated rings. The van der Waals surface area contributed by atoms with E-state index in [2.05, 4.69) is 15.2 Å². The Kier molecular flexibility index (Phi) is 5.08. The van der Waals surface area contributed by atoms with Crippen LogP contribution in [-0.2, 0) is 13.1 Å². The van der Waals surface area contributed by atoms with Crippen LogP contribution >= 0.6 is 11.3 Å². The summed E-state index contributed by atoms with van der Waals surface area (Å²) in [6, 6.07) is 5.72. The number of fused-ring (bicyclic) bond motifs is 1. The van der Waals surface area contributed by atoms with Crippen molar-refractivity contribution in [3.05, 3.63) is 39.3 Å². The highest BCUT2D eigenvalue weighted by atomic mass is 32.1. The van der Waals surface area contributed by atoms with Crippen LogP contribution in [0.3, 0.4) is 0 Å². The van der Waals surface area contributed by atoms with E-state index in [1.165, 1.54) is 30.6 Å². The van der Waals surface area contributed by atoms with Crippen LogP contribution < -0.4 is 14.8 Å². The van der Waals surface area contributed by atoms with Crippen molar-refractivity contribution < 1.29 is 14.3 Å². The Morgan fingerprint density at radius 2 is 2.04 bits per heavy atom. The van der Waals surface area contributed by atoms with Crippen molar-refractivity contribution in [2.75, 3.05) is 19.9 Å². The molecule has 2 aliphatic heterocycles. The van der Waals surface area contributed by atoms with Crippen LogP contribution in [0.1, 0.15) is 45.2 Å². The van der Waals surface area contributed by atoms with E-state index in [0.29, 0.717) is 11.4 Å². The highest BCUT2D eigenvalue weighted by Gasteiger charge is 2.19. The van der Waals surface area contributed by atoms with Crippen LogP contribution in [0.15, 0.2) is 18.2 Å². The van der Waals surface area contributed by atoms with Gasteiger partial charge in [-0.05, 0) is 50.6 Å².